The third-order valence-electron chi connectivity index (χ3n) is 5.38. The van der Waals surface area contributed by atoms with E-state index in [0.717, 1.165) is 24.8 Å². The van der Waals surface area contributed by atoms with Crippen molar-refractivity contribution in [1.82, 2.24) is 4.90 Å². The largest absolute Gasteiger partial charge is 0.422 e. The summed E-state index contributed by atoms with van der Waals surface area (Å²) in [6.45, 7) is 0.756. The van der Waals surface area contributed by atoms with Crippen LogP contribution in [0.2, 0.25) is 0 Å². The summed E-state index contributed by atoms with van der Waals surface area (Å²) in [5.74, 6) is 0.452. The van der Waals surface area contributed by atoms with Crippen LogP contribution in [0.3, 0.4) is 0 Å². The van der Waals surface area contributed by atoms with Crippen LogP contribution in [0.25, 0.3) is 11.0 Å². The lowest BCUT2D eigenvalue weighted by atomic mass is 9.95. The Labute approximate surface area is 135 Å². The van der Waals surface area contributed by atoms with E-state index in [9.17, 15) is 9.59 Å². The molecule has 1 atom stereocenters. The fourth-order valence-electron chi connectivity index (χ4n) is 4.24. The van der Waals surface area contributed by atoms with E-state index in [4.69, 9.17) is 4.42 Å². The molecule has 120 valence electrons. The summed E-state index contributed by atoms with van der Waals surface area (Å²) in [5, 5.41) is 0.798. The number of carbonyl (C=O) groups excluding carboxylic acids is 1. The average molecular weight is 311 g/mol. The number of nitrogens with zero attached hydrogens (tertiary/aromatic N) is 1. The van der Waals surface area contributed by atoms with Gasteiger partial charge in [-0.15, -0.1) is 0 Å². The van der Waals surface area contributed by atoms with Crippen molar-refractivity contribution in [2.75, 3.05) is 6.54 Å². The number of hydrogen-bond acceptors (Lipinski definition) is 3. The minimum Gasteiger partial charge on any atom is -0.422 e. The Morgan fingerprint density at radius 2 is 1.87 bits per heavy atom. The molecular weight excluding hydrogens is 290 g/mol. The average Bonchev–Trinajstić information content (AvgIpc) is 3.24. The molecule has 1 amide bonds. The molecular formula is C19H21NO3. The number of carbonyl (C=O) groups is 1. The van der Waals surface area contributed by atoms with Gasteiger partial charge in [0, 0.05) is 18.0 Å². The van der Waals surface area contributed by atoms with E-state index in [-0.39, 0.29) is 11.5 Å². The van der Waals surface area contributed by atoms with Crippen molar-refractivity contribution in [3.8, 4) is 0 Å². The molecule has 1 unspecified atom stereocenters. The summed E-state index contributed by atoms with van der Waals surface area (Å²) in [5.41, 5.74) is 0.183. The van der Waals surface area contributed by atoms with E-state index < -0.39 is 5.63 Å². The topological polar surface area (TPSA) is 50.5 Å². The summed E-state index contributed by atoms with van der Waals surface area (Å²) >= 11 is 0. The Morgan fingerprint density at radius 1 is 1.09 bits per heavy atom. The fraction of sp³-hybridized carbons (Fsp3) is 0.474. The molecule has 4 heteroatoms. The van der Waals surface area contributed by atoms with Crippen LogP contribution in [0.1, 0.15) is 48.9 Å². The second-order valence-electron chi connectivity index (χ2n) is 6.74. The maximum absolute atomic E-state index is 12.9. The van der Waals surface area contributed by atoms with Gasteiger partial charge in [0.15, 0.2) is 0 Å². The van der Waals surface area contributed by atoms with Gasteiger partial charge in [-0.2, -0.15) is 0 Å². The van der Waals surface area contributed by atoms with Crippen molar-refractivity contribution < 1.29 is 9.21 Å². The predicted octanol–water partition coefficient (Wildman–Crippen LogP) is 3.59. The predicted molar refractivity (Wildman–Crippen MR) is 88.5 cm³/mol. The van der Waals surface area contributed by atoms with E-state index in [2.05, 4.69) is 0 Å². The van der Waals surface area contributed by atoms with Gasteiger partial charge in [-0.25, -0.2) is 4.79 Å². The number of fused-ring (bicyclic) bond motifs is 1. The zero-order valence-electron chi connectivity index (χ0n) is 13.2. The van der Waals surface area contributed by atoms with Crippen LogP contribution in [-0.2, 0) is 0 Å². The van der Waals surface area contributed by atoms with Gasteiger partial charge < -0.3 is 9.32 Å². The van der Waals surface area contributed by atoms with Crippen LogP contribution in [0.15, 0.2) is 39.5 Å². The van der Waals surface area contributed by atoms with Gasteiger partial charge in [-0.05, 0) is 43.7 Å². The number of benzene rings is 1. The van der Waals surface area contributed by atoms with Crippen LogP contribution in [0, 0.1) is 5.92 Å². The van der Waals surface area contributed by atoms with Crippen molar-refractivity contribution in [1.29, 1.82) is 0 Å². The van der Waals surface area contributed by atoms with E-state index in [1.165, 1.54) is 25.7 Å². The third-order valence-corrected chi connectivity index (χ3v) is 5.38. The summed E-state index contributed by atoms with van der Waals surface area (Å²) < 4.78 is 5.33. The Balaban J connectivity index is 1.68. The molecule has 1 saturated heterocycles. The number of likely N-dealkylation sites (tertiary alicyclic amines) is 1. The second kappa shape index (κ2) is 5.84. The standard InChI is InChI=1S/C19H21NO3/c21-18(20-11-5-9-16(20)13-6-1-2-7-13)15-12-14-8-3-4-10-17(14)23-19(15)22/h3-4,8,10,12-13,16H,1-2,5-7,9,11H2. The molecule has 0 radical (unpaired) electrons. The number of amides is 1. The molecule has 0 N–H and O–H groups in total. The number of hydrogen-bond donors (Lipinski definition) is 0. The molecule has 2 aromatic rings. The first-order valence-electron chi connectivity index (χ1n) is 8.58. The molecule has 2 heterocycles. The van der Waals surface area contributed by atoms with Crippen molar-refractivity contribution in [3.63, 3.8) is 0 Å². The van der Waals surface area contributed by atoms with Crippen LogP contribution < -0.4 is 5.63 Å². The van der Waals surface area contributed by atoms with E-state index >= 15 is 0 Å². The highest BCUT2D eigenvalue weighted by Gasteiger charge is 2.37. The summed E-state index contributed by atoms with van der Waals surface area (Å²) in [7, 11) is 0. The lowest BCUT2D eigenvalue weighted by Gasteiger charge is -2.29. The number of para-hydroxylation sites is 1. The first-order valence-corrected chi connectivity index (χ1v) is 8.58. The minimum absolute atomic E-state index is 0.154. The minimum atomic E-state index is -0.522. The van der Waals surface area contributed by atoms with Crippen molar-refractivity contribution >= 4 is 16.9 Å². The van der Waals surface area contributed by atoms with Gasteiger partial charge in [0.1, 0.15) is 11.1 Å². The maximum atomic E-state index is 12.9. The zero-order valence-corrected chi connectivity index (χ0v) is 13.2. The molecule has 0 spiro atoms. The highest BCUT2D eigenvalue weighted by atomic mass is 16.4. The Hall–Kier alpha value is -2.10. The van der Waals surface area contributed by atoms with Crippen molar-refractivity contribution in [2.45, 2.75) is 44.6 Å². The normalized spacial score (nSPS) is 22.1. The van der Waals surface area contributed by atoms with Crippen molar-refractivity contribution in [2.24, 2.45) is 5.92 Å². The van der Waals surface area contributed by atoms with Gasteiger partial charge in [-0.3, -0.25) is 4.79 Å². The van der Waals surface area contributed by atoms with E-state index in [1.807, 2.05) is 23.1 Å². The molecule has 1 aliphatic carbocycles. The van der Waals surface area contributed by atoms with Crippen LogP contribution >= 0.6 is 0 Å². The molecule has 23 heavy (non-hydrogen) atoms. The fourth-order valence-corrected chi connectivity index (χ4v) is 4.24. The van der Waals surface area contributed by atoms with E-state index in [0.29, 0.717) is 17.5 Å². The van der Waals surface area contributed by atoms with Gasteiger partial charge >= 0.3 is 5.63 Å². The molecule has 0 bridgehead atoms. The lowest BCUT2D eigenvalue weighted by Crippen LogP contribution is -2.41. The summed E-state index contributed by atoms with van der Waals surface area (Å²) in [4.78, 5) is 27.1. The highest BCUT2D eigenvalue weighted by molar-refractivity contribution is 5.97. The first kappa shape index (κ1) is 14.5. The molecule has 2 aliphatic rings. The summed E-state index contributed by atoms with van der Waals surface area (Å²) in [6, 6.07) is 9.32. The Morgan fingerprint density at radius 3 is 2.70 bits per heavy atom. The molecule has 4 rings (SSSR count). The SMILES string of the molecule is O=C(c1cc2ccccc2oc1=O)N1CCCC1C1CCCC1. The van der Waals surface area contributed by atoms with Gasteiger partial charge in [0.2, 0.25) is 0 Å². The van der Waals surface area contributed by atoms with Gasteiger partial charge in [-0.1, -0.05) is 31.0 Å². The quantitative estimate of drug-likeness (QED) is 0.796. The third kappa shape index (κ3) is 2.56. The van der Waals surface area contributed by atoms with E-state index in [1.54, 1.807) is 12.1 Å². The smallest absolute Gasteiger partial charge is 0.349 e. The Bertz CT molecular complexity index is 789. The molecule has 1 aromatic heterocycles. The zero-order chi connectivity index (χ0) is 15.8. The molecule has 1 aromatic carbocycles. The van der Waals surface area contributed by atoms with Crippen LogP contribution in [0.4, 0.5) is 0 Å². The maximum Gasteiger partial charge on any atom is 0.349 e. The Kier molecular flexibility index (Phi) is 3.68. The second-order valence-corrected chi connectivity index (χ2v) is 6.74. The highest BCUT2D eigenvalue weighted by Crippen LogP contribution is 2.36. The molecule has 4 nitrogen and oxygen atoms in total. The van der Waals surface area contributed by atoms with Gasteiger partial charge in [0.25, 0.3) is 5.91 Å². The molecule has 1 saturated carbocycles. The monoisotopic (exact) mass is 311 g/mol. The lowest BCUT2D eigenvalue weighted by molar-refractivity contribution is 0.0685. The molecule has 2 fully saturated rings. The van der Waals surface area contributed by atoms with Crippen LogP contribution in [-0.4, -0.2) is 23.4 Å². The first-order chi connectivity index (χ1) is 11.2. The number of rotatable bonds is 2. The molecule has 1 aliphatic heterocycles. The van der Waals surface area contributed by atoms with Crippen LogP contribution in [0.5, 0.6) is 0 Å². The summed E-state index contributed by atoms with van der Waals surface area (Å²) in [6.07, 6.45) is 7.05. The van der Waals surface area contributed by atoms with Crippen molar-refractivity contribution in [3.05, 3.63) is 46.3 Å². The van der Waals surface area contributed by atoms with Gasteiger partial charge in [0.05, 0.1) is 0 Å².